The van der Waals surface area contributed by atoms with Gasteiger partial charge in [0.1, 0.15) is 5.75 Å². The molecule has 6 nitrogen and oxygen atoms in total. The lowest BCUT2D eigenvalue weighted by Gasteiger charge is -2.14. The molecule has 3 aromatic carbocycles. The molecule has 0 fully saturated rings. The molecule has 0 bridgehead atoms. The van der Waals surface area contributed by atoms with Crippen molar-refractivity contribution >= 4 is 26.7 Å². The van der Waals surface area contributed by atoms with E-state index in [0.29, 0.717) is 12.1 Å². The fourth-order valence-electron chi connectivity index (χ4n) is 3.18. The Balaban J connectivity index is 1.62. The lowest BCUT2D eigenvalue weighted by atomic mass is 9.97. The van der Waals surface area contributed by atoms with Gasteiger partial charge in [0.25, 0.3) is 0 Å². The van der Waals surface area contributed by atoms with E-state index in [1.54, 1.807) is 19.2 Å². The minimum absolute atomic E-state index is 0.0651. The van der Waals surface area contributed by atoms with Gasteiger partial charge >= 0.3 is 0 Å². The van der Waals surface area contributed by atoms with E-state index in [-0.39, 0.29) is 17.6 Å². The number of ether oxygens (including phenoxy) is 1. The number of benzene rings is 3. The molecular formula is C23H26N2O4S. The van der Waals surface area contributed by atoms with Crippen LogP contribution in [0.2, 0.25) is 0 Å². The maximum atomic E-state index is 12.6. The van der Waals surface area contributed by atoms with Crippen LogP contribution in [0.4, 0.5) is 0 Å². The number of nitrogens with one attached hydrogen (secondary N) is 2. The first-order chi connectivity index (χ1) is 14.3. The van der Waals surface area contributed by atoms with E-state index in [1.807, 2.05) is 55.5 Å². The normalized spacial score (nSPS) is 12.5. The number of carbonyl (C=O) groups is 1. The zero-order valence-corrected chi connectivity index (χ0v) is 18.1. The average molecular weight is 427 g/mol. The zero-order valence-electron chi connectivity index (χ0n) is 17.3. The predicted octanol–water partition coefficient (Wildman–Crippen LogP) is 3.32. The molecule has 0 aliphatic rings. The lowest BCUT2D eigenvalue weighted by molar-refractivity contribution is -0.122. The monoisotopic (exact) mass is 426 g/mol. The van der Waals surface area contributed by atoms with Crippen molar-refractivity contribution in [1.29, 1.82) is 0 Å². The van der Waals surface area contributed by atoms with Crippen molar-refractivity contribution < 1.29 is 17.9 Å². The Morgan fingerprint density at radius 3 is 2.27 bits per heavy atom. The highest BCUT2D eigenvalue weighted by molar-refractivity contribution is 7.88. The largest absolute Gasteiger partial charge is 0.497 e. The van der Waals surface area contributed by atoms with Crippen molar-refractivity contribution in [2.24, 2.45) is 0 Å². The summed E-state index contributed by atoms with van der Waals surface area (Å²) in [5.41, 5.74) is 2.55. The summed E-state index contributed by atoms with van der Waals surface area (Å²) in [5.74, 6) is 0.373. The molecule has 0 aliphatic heterocycles. The molecular weight excluding hydrogens is 400 g/mol. The molecule has 0 unspecified atom stereocenters. The van der Waals surface area contributed by atoms with Crippen molar-refractivity contribution in [3.63, 3.8) is 0 Å². The van der Waals surface area contributed by atoms with Crippen LogP contribution < -0.4 is 14.8 Å². The molecule has 7 heteroatoms. The van der Waals surface area contributed by atoms with Crippen LogP contribution in [-0.4, -0.2) is 28.5 Å². The van der Waals surface area contributed by atoms with Gasteiger partial charge in [-0.05, 0) is 53.6 Å². The minimum atomic E-state index is -3.30. The van der Waals surface area contributed by atoms with Crippen molar-refractivity contribution in [1.82, 2.24) is 10.0 Å². The lowest BCUT2D eigenvalue weighted by Crippen LogP contribution is -2.27. The first-order valence-corrected chi connectivity index (χ1v) is 11.3. The van der Waals surface area contributed by atoms with Crippen molar-refractivity contribution in [2.45, 2.75) is 25.1 Å². The number of hydrogen-bond acceptors (Lipinski definition) is 4. The van der Waals surface area contributed by atoms with E-state index in [0.717, 1.165) is 27.6 Å². The molecule has 1 amide bonds. The first-order valence-electron chi connectivity index (χ1n) is 9.66. The Hall–Kier alpha value is -2.90. The SMILES string of the molecule is CNS(=O)(=O)Cc1ccc(CNC(=O)[C@H](C)c2ccc3cc(OC)ccc3c2)cc1. The van der Waals surface area contributed by atoms with E-state index in [1.165, 1.54) is 7.05 Å². The summed E-state index contributed by atoms with van der Waals surface area (Å²) in [6.45, 7) is 2.26. The highest BCUT2D eigenvalue weighted by atomic mass is 32.2. The molecule has 0 radical (unpaired) electrons. The van der Waals surface area contributed by atoms with E-state index >= 15 is 0 Å². The summed E-state index contributed by atoms with van der Waals surface area (Å²) in [6, 6.07) is 19.0. The molecule has 0 saturated carbocycles. The summed E-state index contributed by atoms with van der Waals surface area (Å²) >= 11 is 0. The van der Waals surface area contributed by atoms with Crippen LogP contribution in [0.5, 0.6) is 5.75 Å². The third-order valence-corrected chi connectivity index (χ3v) is 6.46. The summed E-state index contributed by atoms with van der Waals surface area (Å²) in [5, 5.41) is 5.07. The quantitative estimate of drug-likeness (QED) is 0.579. The summed E-state index contributed by atoms with van der Waals surface area (Å²) < 4.78 is 30.8. The molecule has 0 aliphatic carbocycles. The van der Waals surface area contributed by atoms with Gasteiger partial charge in [-0.3, -0.25) is 4.79 Å². The van der Waals surface area contributed by atoms with E-state index in [4.69, 9.17) is 4.74 Å². The smallest absolute Gasteiger partial charge is 0.227 e. The molecule has 0 saturated heterocycles. The van der Waals surface area contributed by atoms with Gasteiger partial charge in [0, 0.05) is 6.54 Å². The van der Waals surface area contributed by atoms with Gasteiger partial charge in [-0.15, -0.1) is 0 Å². The minimum Gasteiger partial charge on any atom is -0.497 e. The summed E-state index contributed by atoms with van der Waals surface area (Å²) in [7, 11) is -0.265. The standard InChI is InChI=1S/C23H26N2O4S/c1-16(19-8-9-21-13-22(29-3)11-10-20(21)12-19)23(26)25-14-17-4-6-18(7-5-17)15-30(27,28)24-2/h4-13,16,24H,14-15H2,1-3H3,(H,25,26)/t16-/m1/s1. The summed E-state index contributed by atoms with van der Waals surface area (Å²) in [6.07, 6.45) is 0. The zero-order chi connectivity index (χ0) is 21.7. The number of sulfonamides is 1. The number of amides is 1. The Bertz CT molecular complexity index is 1140. The molecule has 1 atom stereocenters. The predicted molar refractivity (Wildman–Crippen MR) is 119 cm³/mol. The molecule has 3 rings (SSSR count). The van der Waals surface area contributed by atoms with Crippen molar-refractivity contribution in [2.75, 3.05) is 14.2 Å². The number of methoxy groups -OCH3 is 1. The molecule has 0 spiro atoms. The van der Waals surface area contributed by atoms with E-state index < -0.39 is 10.0 Å². The van der Waals surface area contributed by atoms with Crippen LogP contribution in [-0.2, 0) is 27.1 Å². The third-order valence-electron chi connectivity index (χ3n) is 5.12. The van der Waals surface area contributed by atoms with E-state index in [2.05, 4.69) is 10.0 Å². The van der Waals surface area contributed by atoms with Gasteiger partial charge < -0.3 is 10.1 Å². The fourth-order valence-corrected chi connectivity index (χ4v) is 3.95. The van der Waals surface area contributed by atoms with Crippen LogP contribution in [0.25, 0.3) is 10.8 Å². The second-order valence-corrected chi connectivity index (χ2v) is 9.12. The van der Waals surface area contributed by atoms with Crippen LogP contribution in [0.15, 0.2) is 60.7 Å². The maximum absolute atomic E-state index is 12.6. The van der Waals surface area contributed by atoms with Crippen molar-refractivity contribution in [3.8, 4) is 5.75 Å². The van der Waals surface area contributed by atoms with Crippen LogP contribution in [0, 0.1) is 0 Å². The molecule has 0 heterocycles. The Morgan fingerprint density at radius 1 is 0.967 bits per heavy atom. The molecule has 158 valence electrons. The first kappa shape index (κ1) is 21.8. The molecule has 0 aromatic heterocycles. The number of fused-ring (bicyclic) bond motifs is 1. The van der Waals surface area contributed by atoms with Gasteiger partial charge in [-0.25, -0.2) is 13.1 Å². The third kappa shape index (κ3) is 5.37. The highest BCUT2D eigenvalue weighted by Gasteiger charge is 2.15. The highest BCUT2D eigenvalue weighted by Crippen LogP contribution is 2.25. The molecule has 3 aromatic rings. The van der Waals surface area contributed by atoms with Crippen molar-refractivity contribution in [3.05, 3.63) is 77.4 Å². The number of carbonyl (C=O) groups excluding carboxylic acids is 1. The Morgan fingerprint density at radius 2 is 1.60 bits per heavy atom. The maximum Gasteiger partial charge on any atom is 0.227 e. The van der Waals surface area contributed by atoms with Gasteiger partial charge in [-0.1, -0.05) is 48.5 Å². The second-order valence-electron chi connectivity index (χ2n) is 7.19. The summed E-state index contributed by atoms with van der Waals surface area (Å²) in [4.78, 5) is 12.6. The van der Waals surface area contributed by atoms with Crippen LogP contribution in [0.1, 0.15) is 29.5 Å². The molecule has 2 N–H and O–H groups in total. The van der Waals surface area contributed by atoms with Gasteiger partial charge in [0.15, 0.2) is 0 Å². The molecule has 30 heavy (non-hydrogen) atoms. The van der Waals surface area contributed by atoms with Crippen LogP contribution in [0.3, 0.4) is 0 Å². The van der Waals surface area contributed by atoms with Crippen LogP contribution >= 0.6 is 0 Å². The Labute approximate surface area is 177 Å². The van der Waals surface area contributed by atoms with Gasteiger partial charge in [0.2, 0.25) is 15.9 Å². The Kier molecular flexibility index (Phi) is 6.74. The number of hydrogen-bond donors (Lipinski definition) is 2. The van der Waals surface area contributed by atoms with Gasteiger partial charge in [-0.2, -0.15) is 0 Å². The topological polar surface area (TPSA) is 84.5 Å². The second kappa shape index (κ2) is 9.28. The average Bonchev–Trinajstić information content (AvgIpc) is 2.76. The van der Waals surface area contributed by atoms with Gasteiger partial charge in [0.05, 0.1) is 18.8 Å². The number of rotatable bonds is 8. The fraction of sp³-hybridized carbons (Fsp3) is 0.261. The van der Waals surface area contributed by atoms with E-state index in [9.17, 15) is 13.2 Å².